The summed E-state index contributed by atoms with van der Waals surface area (Å²) in [6.45, 7) is 6.80. The van der Waals surface area contributed by atoms with Gasteiger partial charge >= 0.3 is 0 Å². The highest BCUT2D eigenvalue weighted by molar-refractivity contribution is 5.14. The standard InChI is InChI=1S/C16H26N2O/c19-14-13-18(15-16-7-2-1-3-8-16)12-6-11-17-9-4-5-10-17/h1-3,7-8,19H,4-6,9-15H2. The Labute approximate surface area is 116 Å². The molecule has 0 radical (unpaired) electrons. The van der Waals surface area contributed by atoms with Crippen LogP contribution in [0, 0.1) is 0 Å². The molecule has 3 nitrogen and oxygen atoms in total. The third-order valence-corrected chi connectivity index (χ3v) is 3.81. The van der Waals surface area contributed by atoms with E-state index in [4.69, 9.17) is 0 Å². The van der Waals surface area contributed by atoms with Gasteiger partial charge in [0.15, 0.2) is 0 Å². The van der Waals surface area contributed by atoms with Crippen molar-refractivity contribution in [3.8, 4) is 0 Å². The Bertz CT molecular complexity index is 336. The number of benzene rings is 1. The summed E-state index contributed by atoms with van der Waals surface area (Å²) in [5.41, 5.74) is 1.33. The molecular formula is C16H26N2O. The number of likely N-dealkylation sites (tertiary alicyclic amines) is 1. The van der Waals surface area contributed by atoms with E-state index >= 15 is 0 Å². The Morgan fingerprint density at radius 3 is 2.47 bits per heavy atom. The van der Waals surface area contributed by atoms with Gasteiger partial charge in [-0.3, -0.25) is 4.90 Å². The van der Waals surface area contributed by atoms with Crippen molar-refractivity contribution >= 4 is 0 Å². The second kappa shape index (κ2) is 8.31. The average molecular weight is 262 g/mol. The van der Waals surface area contributed by atoms with Crippen molar-refractivity contribution in [2.45, 2.75) is 25.8 Å². The van der Waals surface area contributed by atoms with Crippen molar-refractivity contribution in [1.29, 1.82) is 0 Å². The van der Waals surface area contributed by atoms with Gasteiger partial charge in [0.05, 0.1) is 6.61 Å². The van der Waals surface area contributed by atoms with E-state index < -0.39 is 0 Å². The first-order chi connectivity index (χ1) is 9.38. The average Bonchev–Trinajstić information content (AvgIpc) is 2.93. The summed E-state index contributed by atoms with van der Waals surface area (Å²) in [5.74, 6) is 0. The van der Waals surface area contributed by atoms with Gasteiger partial charge in [0.1, 0.15) is 0 Å². The fourth-order valence-corrected chi connectivity index (χ4v) is 2.78. The molecule has 2 rings (SSSR count). The predicted molar refractivity (Wildman–Crippen MR) is 79.1 cm³/mol. The molecule has 0 amide bonds. The summed E-state index contributed by atoms with van der Waals surface area (Å²) in [7, 11) is 0. The Balaban J connectivity index is 1.72. The van der Waals surface area contributed by atoms with Crippen molar-refractivity contribution in [3.63, 3.8) is 0 Å². The van der Waals surface area contributed by atoms with Crippen LogP contribution in [0.25, 0.3) is 0 Å². The number of aliphatic hydroxyl groups is 1. The van der Waals surface area contributed by atoms with Crippen LogP contribution in [-0.2, 0) is 6.54 Å². The van der Waals surface area contributed by atoms with E-state index in [0.717, 1.165) is 19.6 Å². The van der Waals surface area contributed by atoms with Crippen LogP contribution >= 0.6 is 0 Å². The molecule has 0 saturated carbocycles. The first-order valence-electron chi connectivity index (χ1n) is 7.48. The highest BCUT2D eigenvalue weighted by Gasteiger charge is 2.11. The summed E-state index contributed by atoms with van der Waals surface area (Å²) < 4.78 is 0. The van der Waals surface area contributed by atoms with Crippen molar-refractivity contribution in [1.82, 2.24) is 9.80 Å². The predicted octanol–water partition coefficient (Wildman–Crippen LogP) is 1.97. The zero-order valence-corrected chi connectivity index (χ0v) is 11.8. The van der Waals surface area contributed by atoms with Gasteiger partial charge in [0, 0.05) is 13.1 Å². The summed E-state index contributed by atoms with van der Waals surface area (Å²) in [6, 6.07) is 10.5. The minimum atomic E-state index is 0.247. The molecule has 0 aromatic heterocycles. The Morgan fingerprint density at radius 2 is 1.79 bits per heavy atom. The molecule has 0 unspecified atom stereocenters. The van der Waals surface area contributed by atoms with Gasteiger partial charge in [0.25, 0.3) is 0 Å². The molecule has 19 heavy (non-hydrogen) atoms. The van der Waals surface area contributed by atoms with Crippen LogP contribution in [0.5, 0.6) is 0 Å². The van der Waals surface area contributed by atoms with Gasteiger partial charge in [-0.25, -0.2) is 0 Å². The molecule has 0 spiro atoms. The monoisotopic (exact) mass is 262 g/mol. The molecule has 106 valence electrons. The molecule has 1 aromatic rings. The highest BCUT2D eigenvalue weighted by Crippen LogP contribution is 2.09. The lowest BCUT2D eigenvalue weighted by Gasteiger charge is -2.23. The summed E-state index contributed by atoms with van der Waals surface area (Å²) in [5, 5.41) is 9.17. The van der Waals surface area contributed by atoms with Gasteiger partial charge in [-0.05, 0) is 51.0 Å². The molecule has 1 aromatic carbocycles. The van der Waals surface area contributed by atoms with E-state index in [9.17, 15) is 5.11 Å². The molecule has 1 aliphatic heterocycles. The minimum absolute atomic E-state index is 0.247. The first kappa shape index (κ1) is 14.5. The van der Waals surface area contributed by atoms with E-state index in [1.54, 1.807) is 0 Å². The zero-order valence-electron chi connectivity index (χ0n) is 11.8. The van der Waals surface area contributed by atoms with E-state index in [2.05, 4.69) is 34.1 Å². The SMILES string of the molecule is OCCN(CCCN1CCCC1)Cc1ccccc1. The Hall–Kier alpha value is -0.900. The first-order valence-corrected chi connectivity index (χ1v) is 7.48. The van der Waals surface area contributed by atoms with E-state index in [1.807, 2.05) is 6.07 Å². The number of rotatable bonds is 8. The van der Waals surface area contributed by atoms with Gasteiger partial charge in [-0.2, -0.15) is 0 Å². The van der Waals surface area contributed by atoms with Crippen molar-refractivity contribution < 1.29 is 5.11 Å². The molecular weight excluding hydrogens is 236 g/mol. The van der Waals surface area contributed by atoms with Crippen LogP contribution in [0.15, 0.2) is 30.3 Å². The van der Waals surface area contributed by atoms with Crippen LogP contribution in [0.2, 0.25) is 0 Å². The summed E-state index contributed by atoms with van der Waals surface area (Å²) in [4.78, 5) is 4.91. The maximum absolute atomic E-state index is 9.17. The van der Waals surface area contributed by atoms with Crippen LogP contribution in [-0.4, -0.2) is 54.2 Å². The minimum Gasteiger partial charge on any atom is -0.395 e. The van der Waals surface area contributed by atoms with E-state index in [1.165, 1.54) is 44.5 Å². The number of hydrogen-bond acceptors (Lipinski definition) is 3. The van der Waals surface area contributed by atoms with Crippen molar-refractivity contribution in [2.75, 3.05) is 39.3 Å². The number of hydrogen-bond donors (Lipinski definition) is 1. The number of nitrogens with zero attached hydrogens (tertiary/aromatic N) is 2. The van der Waals surface area contributed by atoms with Gasteiger partial charge in [-0.1, -0.05) is 30.3 Å². The molecule has 1 heterocycles. The van der Waals surface area contributed by atoms with Gasteiger partial charge in [0.2, 0.25) is 0 Å². The van der Waals surface area contributed by atoms with Crippen molar-refractivity contribution in [2.24, 2.45) is 0 Å². The quantitative estimate of drug-likeness (QED) is 0.776. The van der Waals surface area contributed by atoms with Crippen LogP contribution in [0.1, 0.15) is 24.8 Å². The van der Waals surface area contributed by atoms with E-state index in [-0.39, 0.29) is 6.61 Å². The Kier molecular flexibility index (Phi) is 6.34. The Morgan fingerprint density at radius 1 is 1.05 bits per heavy atom. The molecule has 1 fully saturated rings. The second-order valence-corrected chi connectivity index (χ2v) is 5.39. The lowest BCUT2D eigenvalue weighted by atomic mass is 10.2. The van der Waals surface area contributed by atoms with Crippen LogP contribution < -0.4 is 0 Å². The third kappa shape index (κ3) is 5.31. The van der Waals surface area contributed by atoms with E-state index in [0.29, 0.717) is 0 Å². The maximum Gasteiger partial charge on any atom is 0.0558 e. The zero-order chi connectivity index (χ0) is 13.3. The molecule has 1 N–H and O–H groups in total. The normalized spacial score (nSPS) is 16.3. The van der Waals surface area contributed by atoms with Gasteiger partial charge < -0.3 is 10.0 Å². The highest BCUT2D eigenvalue weighted by atomic mass is 16.3. The third-order valence-electron chi connectivity index (χ3n) is 3.81. The smallest absolute Gasteiger partial charge is 0.0558 e. The molecule has 0 bridgehead atoms. The van der Waals surface area contributed by atoms with Crippen LogP contribution in [0.4, 0.5) is 0 Å². The number of aliphatic hydroxyl groups excluding tert-OH is 1. The maximum atomic E-state index is 9.17. The summed E-state index contributed by atoms with van der Waals surface area (Å²) >= 11 is 0. The largest absolute Gasteiger partial charge is 0.395 e. The summed E-state index contributed by atoms with van der Waals surface area (Å²) in [6.07, 6.45) is 3.93. The van der Waals surface area contributed by atoms with Crippen molar-refractivity contribution in [3.05, 3.63) is 35.9 Å². The topological polar surface area (TPSA) is 26.7 Å². The lowest BCUT2D eigenvalue weighted by molar-refractivity contribution is 0.181. The fraction of sp³-hybridized carbons (Fsp3) is 0.625. The lowest BCUT2D eigenvalue weighted by Crippen LogP contribution is -2.30. The molecule has 0 aliphatic carbocycles. The van der Waals surface area contributed by atoms with Crippen LogP contribution in [0.3, 0.4) is 0 Å². The fourth-order valence-electron chi connectivity index (χ4n) is 2.78. The van der Waals surface area contributed by atoms with Gasteiger partial charge in [-0.15, -0.1) is 0 Å². The second-order valence-electron chi connectivity index (χ2n) is 5.39. The molecule has 1 saturated heterocycles. The molecule has 1 aliphatic rings. The molecule has 0 atom stereocenters. The molecule has 3 heteroatoms.